The smallest absolute Gasteiger partial charge is 0.336 e. The van der Waals surface area contributed by atoms with Crippen LogP contribution in [0.3, 0.4) is 0 Å². The quantitative estimate of drug-likeness (QED) is 0.571. The summed E-state index contributed by atoms with van der Waals surface area (Å²) < 4.78 is 22.7. The lowest BCUT2D eigenvalue weighted by Gasteiger charge is -2.33. The first kappa shape index (κ1) is 19.9. The van der Waals surface area contributed by atoms with E-state index in [2.05, 4.69) is 0 Å². The summed E-state index contributed by atoms with van der Waals surface area (Å²) in [7, 11) is 0. The molecule has 3 atom stereocenters. The highest BCUT2D eigenvalue weighted by atomic mass is 16.6. The molecule has 3 unspecified atom stereocenters. The van der Waals surface area contributed by atoms with Crippen molar-refractivity contribution >= 4 is 22.9 Å². The molecule has 0 spiro atoms. The van der Waals surface area contributed by atoms with Gasteiger partial charge in [0.05, 0.1) is 11.5 Å². The lowest BCUT2D eigenvalue weighted by molar-refractivity contribution is -0.177. The van der Waals surface area contributed by atoms with Crippen molar-refractivity contribution in [1.29, 1.82) is 0 Å². The third kappa shape index (κ3) is 3.61. The van der Waals surface area contributed by atoms with Crippen LogP contribution >= 0.6 is 0 Å². The molecule has 150 valence electrons. The molecule has 0 amide bonds. The van der Waals surface area contributed by atoms with Crippen LogP contribution in [0.15, 0.2) is 33.5 Å². The molecule has 7 nitrogen and oxygen atoms in total. The summed E-state index contributed by atoms with van der Waals surface area (Å²) in [5.41, 5.74) is -0.840. The zero-order valence-corrected chi connectivity index (χ0v) is 16.6. The van der Waals surface area contributed by atoms with Crippen LogP contribution in [-0.4, -0.2) is 23.6 Å². The van der Waals surface area contributed by atoms with Crippen molar-refractivity contribution in [2.45, 2.75) is 58.8 Å². The van der Waals surface area contributed by atoms with Gasteiger partial charge < -0.3 is 18.6 Å². The summed E-state index contributed by atoms with van der Waals surface area (Å²) in [6.07, 6.45) is -1.07. The predicted molar refractivity (Wildman–Crippen MR) is 101 cm³/mol. The number of carbonyl (C=O) groups excluding carboxylic acids is 2. The van der Waals surface area contributed by atoms with E-state index < -0.39 is 35.4 Å². The highest BCUT2D eigenvalue weighted by Crippen LogP contribution is 2.47. The Morgan fingerprint density at radius 2 is 1.89 bits per heavy atom. The minimum Gasteiger partial charge on any atom is -0.481 e. The molecule has 2 aromatic rings. The van der Waals surface area contributed by atoms with Gasteiger partial charge in [-0.25, -0.2) is 4.79 Å². The van der Waals surface area contributed by atoms with Crippen LogP contribution in [0, 0.1) is 5.92 Å². The van der Waals surface area contributed by atoms with E-state index in [0.29, 0.717) is 28.7 Å². The summed E-state index contributed by atoms with van der Waals surface area (Å²) in [4.78, 5) is 35.9. The molecule has 0 aliphatic carbocycles. The van der Waals surface area contributed by atoms with E-state index in [1.165, 1.54) is 13.0 Å². The van der Waals surface area contributed by atoms with Gasteiger partial charge in [-0.05, 0) is 38.5 Å². The van der Waals surface area contributed by atoms with Crippen LogP contribution in [0.5, 0.6) is 5.75 Å². The molecule has 3 rings (SSSR count). The number of hydrogen-bond acceptors (Lipinski definition) is 7. The number of carbonyl (C=O) groups is 2. The van der Waals surface area contributed by atoms with Crippen molar-refractivity contribution in [3.8, 4) is 5.75 Å². The summed E-state index contributed by atoms with van der Waals surface area (Å²) in [5.74, 6) is -0.770. The van der Waals surface area contributed by atoms with Gasteiger partial charge in [0.15, 0.2) is 12.2 Å². The minimum atomic E-state index is -1.09. The molecule has 1 aliphatic rings. The second-order valence-electron chi connectivity index (χ2n) is 7.55. The number of hydrogen-bond donors (Lipinski definition) is 0. The molecule has 7 heteroatoms. The maximum atomic E-state index is 12.6. The van der Waals surface area contributed by atoms with E-state index in [9.17, 15) is 14.4 Å². The average molecular weight is 388 g/mol. The number of esters is 2. The highest BCUT2D eigenvalue weighted by Gasteiger charge is 2.50. The van der Waals surface area contributed by atoms with Crippen LogP contribution in [0.25, 0.3) is 11.0 Å². The predicted octanol–water partition coefficient (Wildman–Crippen LogP) is 3.53. The minimum absolute atomic E-state index is 0.299. The lowest BCUT2D eigenvalue weighted by Crippen LogP contribution is -2.46. The van der Waals surface area contributed by atoms with E-state index in [1.807, 2.05) is 6.92 Å². The molecule has 0 radical (unpaired) electrons. The number of fused-ring (bicyclic) bond motifs is 3. The summed E-state index contributed by atoms with van der Waals surface area (Å²) >= 11 is 0. The third-order valence-corrected chi connectivity index (χ3v) is 4.95. The monoisotopic (exact) mass is 388 g/mol. The molecule has 1 aromatic carbocycles. The molecular formula is C21H24O7. The Balaban J connectivity index is 2.13. The van der Waals surface area contributed by atoms with Crippen LogP contribution in [0.1, 0.15) is 52.7 Å². The Bertz CT molecular complexity index is 972. The van der Waals surface area contributed by atoms with Gasteiger partial charge in [0, 0.05) is 18.4 Å². The van der Waals surface area contributed by atoms with E-state index in [4.69, 9.17) is 18.6 Å². The molecule has 0 saturated carbocycles. The molecule has 0 bridgehead atoms. The van der Waals surface area contributed by atoms with Gasteiger partial charge >= 0.3 is 17.6 Å². The molecule has 0 saturated heterocycles. The van der Waals surface area contributed by atoms with E-state index in [0.717, 1.165) is 0 Å². The van der Waals surface area contributed by atoms with Crippen molar-refractivity contribution in [3.63, 3.8) is 0 Å². The molecule has 1 aromatic heterocycles. The zero-order chi connectivity index (χ0) is 20.6. The maximum Gasteiger partial charge on any atom is 0.336 e. The SMILES string of the molecule is CCC(C)C(=O)OC1c2c(ccc3ccc(=O)oc23)OC1C(C)(C)OC(C)=O. The fourth-order valence-electron chi connectivity index (χ4n) is 3.32. The Hall–Kier alpha value is -2.83. The second-order valence-corrected chi connectivity index (χ2v) is 7.55. The first-order valence-electron chi connectivity index (χ1n) is 9.27. The van der Waals surface area contributed by atoms with Crippen molar-refractivity contribution < 1.29 is 28.2 Å². The van der Waals surface area contributed by atoms with Crippen molar-refractivity contribution in [2.75, 3.05) is 0 Å². The molecule has 2 heterocycles. The number of benzene rings is 1. The molecule has 28 heavy (non-hydrogen) atoms. The summed E-state index contributed by atoms with van der Waals surface area (Å²) in [6.45, 7) is 8.34. The van der Waals surface area contributed by atoms with E-state index in [-0.39, 0.29) is 5.92 Å². The van der Waals surface area contributed by atoms with E-state index >= 15 is 0 Å². The third-order valence-electron chi connectivity index (χ3n) is 4.95. The molecular weight excluding hydrogens is 364 g/mol. The first-order valence-corrected chi connectivity index (χ1v) is 9.27. The Morgan fingerprint density at radius 1 is 1.21 bits per heavy atom. The first-order chi connectivity index (χ1) is 13.1. The van der Waals surface area contributed by atoms with Crippen molar-refractivity contribution in [2.24, 2.45) is 5.92 Å². The van der Waals surface area contributed by atoms with Gasteiger partial charge in [-0.2, -0.15) is 0 Å². The fraction of sp³-hybridized carbons (Fsp3) is 0.476. The highest BCUT2D eigenvalue weighted by molar-refractivity contribution is 5.84. The molecule has 1 aliphatic heterocycles. The van der Waals surface area contributed by atoms with Crippen LogP contribution < -0.4 is 10.4 Å². The molecule has 0 N–H and O–H groups in total. The topological polar surface area (TPSA) is 92.0 Å². The Morgan fingerprint density at radius 3 is 2.54 bits per heavy atom. The van der Waals surface area contributed by atoms with E-state index in [1.54, 1.807) is 39.0 Å². The van der Waals surface area contributed by atoms with Crippen LogP contribution in [-0.2, 0) is 19.1 Å². The maximum absolute atomic E-state index is 12.6. The Labute approximate surface area is 162 Å². The fourth-order valence-corrected chi connectivity index (χ4v) is 3.32. The van der Waals surface area contributed by atoms with Gasteiger partial charge in [-0.3, -0.25) is 9.59 Å². The van der Waals surface area contributed by atoms with Gasteiger partial charge in [-0.15, -0.1) is 0 Å². The summed E-state index contributed by atoms with van der Waals surface area (Å²) in [6, 6.07) is 6.45. The normalized spacial score (nSPS) is 19.6. The zero-order valence-electron chi connectivity index (χ0n) is 16.6. The van der Waals surface area contributed by atoms with Gasteiger partial charge in [0.2, 0.25) is 0 Å². The molecule has 0 fully saturated rings. The standard InChI is InChI=1S/C21H24O7/c1-6-11(2)20(24)27-18-16-14(25-19(18)21(4,5)28-12(3)22)9-7-13-8-10-15(23)26-17(13)16/h7-11,18-19H,6H2,1-5H3. The van der Waals surface area contributed by atoms with Gasteiger partial charge in [-0.1, -0.05) is 13.8 Å². The van der Waals surface area contributed by atoms with Gasteiger partial charge in [0.1, 0.15) is 16.9 Å². The van der Waals surface area contributed by atoms with Crippen molar-refractivity contribution in [3.05, 3.63) is 40.2 Å². The number of rotatable bonds is 5. The Kier molecular flexibility index (Phi) is 5.19. The largest absolute Gasteiger partial charge is 0.481 e. The lowest BCUT2D eigenvalue weighted by atomic mass is 9.93. The van der Waals surface area contributed by atoms with Gasteiger partial charge in [0.25, 0.3) is 0 Å². The van der Waals surface area contributed by atoms with Crippen molar-refractivity contribution in [1.82, 2.24) is 0 Å². The average Bonchev–Trinajstić information content (AvgIpc) is 2.99. The summed E-state index contributed by atoms with van der Waals surface area (Å²) in [5, 5.41) is 0.678. The van der Waals surface area contributed by atoms with Crippen LogP contribution in [0.2, 0.25) is 0 Å². The number of ether oxygens (including phenoxy) is 3. The van der Waals surface area contributed by atoms with Crippen LogP contribution in [0.4, 0.5) is 0 Å². The second kappa shape index (κ2) is 7.30.